The lowest BCUT2D eigenvalue weighted by molar-refractivity contribution is 0.789. The topological polar surface area (TPSA) is 64.7 Å². The molecule has 2 rings (SSSR count). The standard InChI is InChI=1S/C15H20N4/c1-11-14(7-5-8-16)12(2)19-15(18-11)10-13-6-3-4-9-17-13/h3-4,6,9H,5,7-8,10,16H2,1-2H3. The van der Waals surface area contributed by atoms with Crippen LogP contribution in [-0.4, -0.2) is 21.5 Å². The Morgan fingerprint density at radius 3 is 2.42 bits per heavy atom. The Morgan fingerprint density at radius 1 is 1.11 bits per heavy atom. The van der Waals surface area contributed by atoms with E-state index in [0.717, 1.165) is 35.7 Å². The molecular formula is C15H20N4. The van der Waals surface area contributed by atoms with Crippen molar-refractivity contribution in [3.05, 3.63) is 52.9 Å². The molecule has 0 aliphatic carbocycles. The minimum absolute atomic E-state index is 0.680. The van der Waals surface area contributed by atoms with Gasteiger partial charge in [0.15, 0.2) is 0 Å². The number of pyridine rings is 1. The number of hydrogen-bond acceptors (Lipinski definition) is 4. The van der Waals surface area contributed by atoms with Crippen LogP contribution in [0.5, 0.6) is 0 Å². The maximum atomic E-state index is 5.56. The van der Waals surface area contributed by atoms with Crippen LogP contribution in [0.4, 0.5) is 0 Å². The predicted molar refractivity (Wildman–Crippen MR) is 75.9 cm³/mol. The molecule has 0 aliphatic heterocycles. The van der Waals surface area contributed by atoms with Crippen molar-refractivity contribution in [1.29, 1.82) is 0 Å². The monoisotopic (exact) mass is 256 g/mol. The van der Waals surface area contributed by atoms with Crippen LogP contribution in [-0.2, 0) is 12.8 Å². The summed E-state index contributed by atoms with van der Waals surface area (Å²) in [5, 5.41) is 0. The summed E-state index contributed by atoms with van der Waals surface area (Å²) in [6.07, 6.45) is 4.41. The summed E-state index contributed by atoms with van der Waals surface area (Å²) in [6.45, 7) is 4.79. The van der Waals surface area contributed by atoms with Gasteiger partial charge < -0.3 is 5.73 Å². The molecule has 19 heavy (non-hydrogen) atoms. The van der Waals surface area contributed by atoms with Crippen LogP contribution in [0.3, 0.4) is 0 Å². The third kappa shape index (κ3) is 3.58. The van der Waals surface area contributed by atoms with Crippen LogP contribution >= 0.6 is 0 Å². The number of aromatic nitrogens is 3. The van der Waals surface area contributed by atoms with E-state index in [4.69, 9.17) is 5.73 Å². The molecule has 0 radical (unpaired) electrons. The summed E-state index contributed by atoms with van der Waals surface area (Å²) in [7, 11) is 0. The highest BCUT2D eigenvalue weighted by molar-refractivity contribution is 5.25. The zero-order chi connectivity index (χ0) is 13.7. The Hall–Kier alpha value is -1.81. The van der Waals surface area contributed by atoms with Gasteiger partial charge in [-0.25, -0.2) is 9.97 Å². The van der Waals surface area contributed by atoms with E-state index in [2.05, 4.69) is 15.0 Å². The first-order chi connectivity index (χ1) is 9.20. The molecule has 2 heterocycles. The molecule has 2 N–H and O–H groups in total. The van der Waals surface area contributed by atoms with Gasteiger partial charge in [0.25, 0.3) is 0 Å². The SMILES string of the molecule is Cc1nc(Cc2ccccn2)nc(C)c1CCCN. The molecule has 0 saturated heterocycles. The molecule has 100 valence electrons. The third-order valence-electron chi connectivity index (χ3n) is 3.16. The second kappa shape index (κ2) is 6.38. The summed E-state index contributed by atoms with van der Waals surface area (Å²) < 4.78 is 0. The highest BCUT2D eigenvalue weighted by atomic mass is 14.9. The fourth-order valence-corrected chi connectivity index (χ4v) is 2.19. The van der Waals surface area contributed by atoms with Gasteiger partial charge in [-0.2, -0.15) is 0 Å². The van der Waals surface area contributed by atoms with Crippen LogP contribution in [0, 0.1) is 13.8 Å². The second-order valence-electron chi connectivity index (χ2n) is 4.68. The van der Waals surface area contributed by atoms with Gasteiger partial charge in [-0.1, -0.05) is 6.07 Å². The van der Waals surface area contributed by atoms with Gasteiger partial charge in [-0.05, 0) is 50.9 Å². The fourth-order valence-electron chi connectivity index (χ4n) is 2.19. The summed E-state index contributed by atoms with van der Waals surface area (Å²) in [6, 6.07) is 5.89. The Bertz CT molecular complexity index is 514. The second-order valence-corrected chi connectivity index (χ2v) is 4.68. The van der Waals surface area contributed by atoms with Crippen molar-refractivity contribution in [2.75, 3.05) is 6.54 Å². The lowest BCUT2D eigenvalue weighted by Crippen LogP contribution is -2.08. The van der Waals surface area contributed by atoms with Crippen LogP contribution < -0.4 is 5.73 Å². The van der Waals surface area contributed by atoms with Crippen molar-refractivity contribution in [3.8, 4) is 0 Å². The van der Waals surface area contributed by atoms with E-state index in [9.17, 15) is 0 Å². The summed E-state index contributed by atoms with van der Waals surface area (Å²) in [4.78, 5) is 13.5. The minimum Gasteiger partial charge on any atom is -0.330 e. The van der Waals surface area contributed by atoms with Crippen molar-refractivity contribution in [2.24, 2.45) is 5.73 Å². The molecule has 0 atom stereocenters. The number of nitrogens with two attached hydrogens (primary N) is 1. The quantitative estimate of drug-likeness (QED) is 0.888. The summed E-state index contributed by atoms with van der Waals surface area (Å²) in [5.74, 6) is 0.838. The highest BCUT2D eigenvalue weighted by Crippen LogP contribution is 2.13. The molecule has 2 aromatic heterocycles. The van der Waals surface area contributed by atoms with Crippen molar-refractivity contribution in [1.82, 2.24) is 15.0 Å². The van der Waals surface area contributed by atoms with E-state index >= 15 is 0 Å². The zero-order valence-corrected chi connectivity index (χ0v) is 11.6. The maximum Gasteiger partial charge on any atom is 0.134 e. The van der Waals surface area contributed by atoms with E-state index in [-0.39, 0.29) is 0 Å². The van der Waals surface area contributed by atoms with Crippen LogP contribution in [0.15, 0.2) is 24.4 Å². The molecule has 2 aromatic rings. The first kappa shape index (κ1) is 13.6. The van der Waals surface area contributed by atoms with E-state index in [0.29, 0.717) is 13.0 Å². The van der Waals surface area contributed by atoms with Gasteiger partial charge in [0.2, 0.25) is 0 Å². The molecule has 0 bridgehead atoms. The van der Waals surface area contributed by atoms with Gasteiger partial charge in [0.1, 0.15) is 5.82 Å². The molecule has 0 spiro atoms. The smallest absolute Gasteiger partial charge is 0.134 e. The van der Waals surface area contributed by atoms with Crippen molar-refractivity contribution >= 4 is 0 Å². The summed E-state index contributed by atoms with van der Waals surface area (Å²) >= 11 is 0. The van der Waals surface area contributed by atoms with E-state index in [1.165, 1.54) is 5.56 Å². The molecule has 0 aliphatic rings. The van der Waals surface area contributed by atoms with Gasteiger partial charge in [0, 0.05) is 23.3 Å². The molecule has 0 amide bonds. The first-order valence-corrected chi connectivity index (χ1v) is 6.63. The average molecular weight is 256 g/mol. The number of hydrogen-bond donors (Lipinski definition) is 1. The normalized spacial score (nSPS) is 10.7. The average Bonchev–Trinajstić information content (AvgIpc) is 2.39. The van der Waals surface area contributed by atoms with Gasteiger partial charge in [0.05, 0.1) is 6.42 Å². The Labute approximate surface area is 114 Å². The van der Waals surface area contributed by atoms with Crippen LogP contribution in [0.2, 0.25) is 0 Å². The largest absolute Gasteiger partial charge is 0.330 e. The molecule has 0 fully saturated rings. The Kier molecular flexibility index (Phi) is 4.58. The summed E-state index contributed by atoms with van der Waals surface area (Å²) in [5.41, 5.74) is 9.91. The predicted octanol–water partition coefficient (Wildman–Crippen LogP) is 1.97. The maximum absolute atomic E-state index is 5.56. The molecule has 0 aromatic carbocycles. The Balaban J connectivity index is 2.20. The Morgan fingerprint density at radius 2 is 1.84 bits per heavy atom. The molecule has 4 heteroatoms. The lowest BCUT2D eigenvalue weighted by atomic mass is 10.1. The third-order valence-corrected chi connectivity index (χ3v) is 3.16. The zero-order valence-electron chi connectivity index (χ0n) is 11.6. The minimum atomic E-state index is 0.680. The van der Waals surface area contributed by atoms with E-state index in [1.807, 2.05) is 32.0 Å². The number of rotatable bonds is 5. The van der Waals surface area contributed by atoms with Gasteiger partial charge in [-0.15, -0.1) is 0 Å². The van der Waals surface area contributed by atoms with E-state index < -0.39 is 0 Å². The molecule has 0 unspecified atom stereocenters. The lowest BCUT2D eigenvalue weighted by Gasteiger charge is -2.10. The van der Waals surface area contributed by atoms with E-state index in [1.54, 1.807) is 6.20 Å². The van der Waals surface area contributed by atoms with Gasteiger partial charge in [-0.3, -0.25) is 4.98 Å². The van der Waals surface area contributed by atoms with Crippen LogP contribution in [0.1, 0.15) is 34.9 Å². The number of aryl methyl sites for hydroxylation is 2. The molecule has 0 saturated carbocycles. The first-order valence-electron chi connectivity index (χ1n) is 6.63. The van der Waals surface area contributed by atoms with Gasteiger partial charge >= 0.3 is 0 Å². The van der Waals surface area contributed by atoms with Crippen molar-refractivity contribution in [3.63, 3.8) is 0 Å². The molecule has 4 nitrogen and oxygen atoms in total. The molecular weight excluding hydrogens is 236 g/mol. The highest BCUT2D eigenvalue weighted by Gasteiger charge is 2.09. The van der Waals surface area contributed by atoms with Crippen molar-refractivity contribution in [2.45, 2.75) is 33.1 Å². The van der Waals surface area contributed by atoms with Crippen LogP contribution in [0.25, 0.3) is 0 Å². The van der Waals surface area contributed by atoms with Crippen molar-refractivity contribution < 1.29 is 0 Å². The number of nitrogens with zero attached hydrogens (tertiary/aromatic N) is 3. The fraction of sp³-hybridized carbons (Fsp3) is 0.400.